The van der Waals surface area contributed by atoms with Gasteiger partial charge in [-0.25, -0.2) is 9.97 Å². The highest BCUT2D eigenvalue weighted by Crippen LogP contribution is 2.42. The molecule has 0 saturated carbocycles. The van der Waals surface area contributed by atoms with Crippen molar-refractivity contribution in [3.63, 3.8) is 0 Å². The Morgan fingerprint density at radius 2 is 1.21 bits per heavy atom. The maximum absolute atomic E-state index is 11.8. The van der Waals surface area contributed by atoms with E-state index >= 15 is 0 Å². The molecular formula is C27H16N2O2S2. The molecule has 33 heavy (non-hydrogen) atoms. The maximum atomic E-state index is 11.8. The van der Waals surface area contributed by atoms with Crippen LogP contribution in [0, 0.1) is 0 Å². The van der Waals surface area contributed by atoms with Gasteiger partial charge in [0.2, 0.25) is 0 Å². The minimum absolute atomic E-state index is 0.182. The van der Waals surface area contributed by atoms with E-state index in [1.54, 1.807) is 22.7 Å². The molecule has 0 unspecified atom stereocenters. The van der Waals surface area contributed by atoms with Crippen molar-refractivity contribution in [3.8, 4) is 43.5 Å². The summed E-state index contributed by atoms with van der Waals surface area (Å²) in [4.78, 5) is 33.5. The smallest absolute Gasteiger partial charge is 0.281 e. The van der Waals surface area contributed by atoms with Crippen LogP contribution in [-0.2, 0) is 6.42 Å². The van der Waals surface area contributed by atoms with Gasteiger partial charge in [0.25, 0.3) is 5.43 Å². The van der Waals surface area contributed by atoms with Gasteiger partial charge in [0.1, 0.15) is 11.4 Å². The van der Waals surface area contributed by atoms with Crippen LogP contribution in [0.1, 0.15) is 11.1 Å². The van der Waals surface area contributed by atoms with Crippen molar-refractivity contribution < 1.29 is 0 Å². The number of hydrogen-bond acceptors (Lipinski definition) is 6. The fraction of sp³-hybridized carbons (Fsp3) is 0.0370. The lowest BCUT2D eigenvalue weighted by Crippen LogP contribution is -2.19. The van der Waals surface area contributed by atoms with Gasteiger partial charge in [0, 0.05) is 10.4 Å². The molecule has 6 heteroatoms. The van der Waals surface area contributed by atoms with Gasteiger partial charge >= 0.3 is 5.56 Å². The van der Waals surface area contributed by atoms with E-state index in [9.17, 15) is 9.59 Å². The molecule has 7 rings (SSSR count). The molecule has 2 aliphatic heterocycles. The standard InChI is InChI=1S/C14H6N2O2S2.C13H10/c17-13-12-11(16-14(13)18)9(7-3-1-5-19-7)10(15-12)8-4-2-6-20-8;1-3-7-12-10(5-1)9-11-6-2-4-8-13(11)12/h1-6H;1-8H,9H2. The summed E-state index contributed by atoms with van der Waals surface area (Å²) in [7, 11) is 0. The normalized spacial score (nSPS) is 11.8. The van der Waals surface area contributed by atoms with Crippen LogP contribution in [0.3, 0.4) is 0 Å². The summed E-state index contributed by atoms with van der Waals surface area (Å²) in [5.74, 6) is 0. The van der Waals surface area contributed by atoms with Gasteiger partial charge in [0.15, 0.2) is 0 Å². The first-order chi connectivity index (χ1) is 16.2. The molecule has 4 nitrogen and oxygen atoms in total. The minimum atomic E-state index is -0.724. The number of benzene rings is 2. The zero-order valence-corrected chi connectivity index (χ0v) is 19.0. The van der Waals surface area contributed by atoms with Crippen molar-refractivity contribution in [1.29, 1.82) is 0 Å². The summed E-state index contributed by atoms with van der Waals surface area (Å²) in [6, 6.07) is 25.1. The van der Waals surface area contributed by atoms with Gasteiger partial charge < -0.3 is 0 Å². The molecule has 2 aromatic carbocycles. The molecule has 4 heterocycles. The molecule has 2 aromatic heterocycles. The molecule has 1 aliphatic carbocycles. The summed E-state index contributed by atoms with van der Waals surface area (Å²) < 4.78 is 0. The average Bonchev–Trinajstić information content (AvgIpc) is 3.65. The third-order valence-corrected chi connectivity index (χ3v) is 7.54. The van der Waals surface area contributed by atoms with Crippen molar-refractivity contribution >= 4 is 22.7 Å². The van der Waals surface area contributed by atoms with Crippen molar-refractivity contribution in [2.75, 3.05) is 0 Å². The topological polar surface area (TPSA) is 59.9 Å². The maximum Gasteiger partial charge on any atom is 0.320 e. The molecule has 4 aromatic rings. The Morgan fingerprint density at radius 1 is 0.606 bits per heavy atom. The van der Waals surface area contributed by atoms with Gasteiger partial charge in [-0.15, -0.1) is 22.7 Å². The predicted molar refractivity (Wildman–Crippen MR) is 135 cm³/mol. The van der Waals surface area contributed by atoms with Crippen LogP contribution in [-0.4, -0.2) is 9.97 Å². The van der Waals surface area contributed by atoms with Crippen molar-refractivity contribution in [2.24, 2.45) is 0 Å². The molecule has 0 bridgehead atoms. The number of aromatic nitrogens is 2. The molecule has 0 radical (unpaired) electrons. The van der Waals surface area contributed by atoms with E-state index in [1.807, 2.05) is 35.0 Å². The highest BCUT2D eigenvalue weighted by molar-refractivity contribution is 7.14. The van der Waals surface area contributed by atoms with Crippen LogP contribution in [0.5, 0.6) is 0 Å². The van der Waals surface area contributed by atoms with Gasteiger partial charge in [-0.3, -0.25) is 9.59 Å². The van der Waals surface area contributed by atoms with E-state index < -0.39 is 11.0 Å². The number of hydrogen-bond donors (Lipinski definition) is 0. The largest absolute Gasteiger partial charge is 0.320 e. The van der Waals surface area contributed by atoms with Gasteiger partial charge in [0.05, 0.1) is 10.6 Å². The molecule has 0 atom stereocenters. The summed E-state index contributed by atoms with van der Waals surface area (Å²) in [5.41, 5.74) is 6.54. The highest BCUT2D eigenvalue weighted by Gasteiger charge is 2.28. The molecular weight excluding hydrogens is 448 g/mol. The van der Waals surface area contributed by atoms with Gasteiger partial charge in [-0.05, 0) is 51.6 Å². The zero-order chi connectivity index (χ0) is 22.4. The van der Waals surface area contributed by atoms with Crippen molar-refractivity contribution in [3.05, 3.63) is 115 Å². The quantitative estimate of drug-likeness (QED) is 0.299. The lowest BCUT2D eigenvalue weighted by Gasteiger charge is -1.98. The van der Waals surface area contributed by atoms with E-state index in [1.165, 1.54) is 22.3 Å². The lowest BCUT2D eigenvalue weighted by atomic mass is 10.1. The van der Waals surface area contributed by atoms with E-state index in [0.29, 0.717) is 5.69 Å². The van der Waals surface area contributed by atoms with Crippen LogP contribution in [0.4, 0.5) is 0 Å². The average molecular weight is 465 g/mol. The first kappa shape index (κ1) is 19.9. The second-order valence-electron chi connectivity index (χ2n) is 7.72. The van der Waals surface area contributed by atoms with Gasteiger partial charge in [-0.2, -0.15) is 0 Å². The Balaban J connectivity index is 0.000000137. The number of nitrogens with zero attached hydrogens (tertiary/aromatic N) is 2. The van der Waals surface area contributed by atoms with E-state index in [2.05, 4.69) is 58.5 Å². The number of thiophene rings is 2. The molecule has 0 amide bonds. The van der Waals surface area contributed by atoms with Gasteiger partial charge in [-0.1, -0.05) is 60.7 Å². The first-order valence-electron chi connectivity index (χ1n) is 10.5. The third kappa shape index (κ3) is 3.35. The summed E-state index contributed by atoms with van der Waals surface area (Å²) in [6.07, 6.45) is 1.10. The van der Waals surface area contributed by atoms with Crippen molar-refractivity contribution in [1.82, 2.24) is 9.97 Å². The molecule has 3 aliphatic rings. The number of fused-ring (bicyclic) bond motifs is 4. The second-order valence-corrected chi connectivity index (χ2v) is 9.62. The molecule has 158 valence electrons. The zero-order valence-electron chi connectivity index (χ0n) is 17.3. The minimum Gasteiger partial charge on any atom is -0.281 e. The van der Waals surface area contributed by atoms with Crippen LogP contribution in [0.25, 0.3) is 43.5 Å². The second kappa shape index (κ2) is 7.99. The fourth-order valence-electron chi connectivity index (χ4n) is 4.30. The Kier molecular flexibility index (Phi) is 4.82. The first-order valence-corrected chi connectivity index (χ1v) is 12.2. The highest BCUT2D eigenvalue weighted by atomic mass is 32.1. The summed E-state index contributed by atoms with van der Waals surface area (Å²) >= 11 is 3.09. The third-order valence-electron chi connectivity index (χ3n) is 5.77. The molecule has 0 N–H and O–H groups in total. The molecule has 0 fully saturated rings. The SMILES string of the molecule is O=c1nc2c(-c3cccs3)c(-c3cccs3)nc-2c1=O.c1ccc2c(c1)Cc1ccccc1-2. The Hall–Kier alpha value is -3.74. The Labute approximate surface area is 197 Å². The predicted octanol–water partition coefficient (Wildman–Crippen LogP) is 5.89. The Morgan fingerprint density at radius 3 is 1.82 bits per heavy atom. The van der Waals surface area contributed by atoms with Crippen LogP contribution in [0.15, 0.2) is 93.1 Å². The van der Waals surface area contributed by atoms with Crippen LogP contribution in [0.2, 0.25) is 0 Å². The van der Waals surface area contributed by atoms with E-state index in [0.717, 1.165) is 27.4 Å². The number of rotatable bonds is 2. The summed E-state index contributed by atoms with van der Waals surface area (Å²) in [6.45, 7) is 0. The van der Waals surface area contributed by atoms with Crippen molar-refractivity contribution in [2.45, 2.75) is 6.42 Å². The molecule has 0 saturated heterocycles. The van der Waals surface area contributed by atoms with Crippen LogP contribution >= 0.6 is 22.7 Å². The van der Waals surface area contributed by atoms with E-state index in [-0.39, 0.29) is 5.69 Å². The molecule has 0 spiro atoms. The van der Waals surface area contributed by atoms with Crippen LogP contribution < -0.4 is 11.0 Å². The summed E-state index contributed by atoms with van der Waals surface area (Å²) in [5, 5.41) is 3.91. The monoisotopic (exact) mass is 464 g/mol. The van der Waals surface area contributed by atoms with E-state index in [4.69, 9.17) is 0 Å². The fourth-order valence-corrected chi connectivity index (χ4v) is 5.79. The lowest BCUT2D eigenvalue weighted by molar-refractivity contribution is 1.26. The Bertz CT molecular complexity index is 1580.